The SMILES string of the molecule is CC1CCc2c(c3cccc(C(=O)O)c3n2Cc2cccc(F)c2F)C1. The molecule has 0 amide bonds. The van der Waals surface area contributed by atoms with E-state index in [1.54, 1.807) is 18.2 Å². The zero-order valence-corrected chi connectivity index (χ0v) is 14.4. The summed E-state index contributed by atoms with van der Waals surface area (Å²) in [4.78, 5) is 11.8. The predicted octanol–water partition coefficient (Wildman–Crippen LogP) is 4.79. The summed E-state index contributed by atoms with van der Waals surface area (Å²) in [6.45, 7) is 2.30. The maximum absolute atomic E-state index is 14.2. The summed E-state index contributed by atoms with van der Waals surface area (Å²) in [5.41, 5.74) is 3.20. The fourth-order valence-corrected chi connectivity index (χ4v) is 4.07. The van der Waals surface area contributed by atoms with Crippen LogP contribution < -0.4 is 0 Å². The van der Waals surface area contributed by atoms with Crippen molar-refractivity contribution in [2.45, 2.75) is 32.7 Å². The minimum absolute atomic E-state index is 0.119. The molecule has 1 atom stereocenters. The van der Waals surface area contributed by atoms with E-state index in [1.165, 1.54) is 6.07 Å². The molecule has 0 aliphatic heterocycles. The van der Waals surface area contributed by atoms with Gasteiger partial charge in [0.1, 0.15) is 0 Å². The number of benzene rings is 2. The fraction of sp³-hybridized carbons (Fsp3) is 0.286. The van der Waals surface area contributed by atoms with Crippen LogP contribution in [0.3, 0.4) is 0 Å². The van der Waals surface area contributed by atoms with Crippen LogP contribution in [0.5, 0.6) is 0 Å². The van der Waals surface area contributed by atoms with Gasteiger partial charge < -0.3 is 9.67 Å². The van der Waals surface area contributed by atoms with Gasteiger partial charge in [0.25, 0.3) is 0 Å². The highest BCUT2D eigenvalue weighted by Gasteiger charge is 2.26. The molecule has 1 aliphatic carbocycles. The Balaban J connectivity index is 1.98. The number of aromatic nitrogens is 1. The molecule has 1 unspecified atom stereocenters. The first-order chi connectivity index (χ1) is 12.5. The minimum Gasteiger partial charge on any atom is -0.478 e. The molecule has 0 saturated carbocycles. The minimum atomic E-state index is -1.01. The second-order valence-electron chi connectivity index (χ2n) is 7.08. The van der Waals surface area contributed by atoms with Gasteiger partial charge in [-0.25, -0.2) is 13.6 Å². The molecule has 1 N–H and O–H groups in total. The molecule has 1 aliphatic rings. The smallest absolute Gasteiger partial charge is 0.337 e. The summed E-state index contributed by atoms with van der Waals surface area (Å²) in [6.07, 6.45) is 2.67. The van der Waals surface area contributed by atoms with Gasteiger partial charge in [-0.2, -0.15) is 0 Å². The topological polar surface area (TPSA) is 42.2 Å². The van der Waals surface area contributed by atoms with Crippen molar-refractivity contribution < 1.29 is 18.7 Å². The molecule has 3 nitrogen and oxygen atoms in total. The number of nitrogens with zero attached hydrogens (tertiary/aromatic N) is 1. The highest BCUT2D eigenvalue weighted by molar-refractivity contribution is 6.04. The van der Waals surface area contributed by atoms with Crippen molar-refractivity contribution in [1.82, 2.24) is 4.57 Å². The lowest BCUT2D eigenvalue weighted by Crippen LogP contribution is -2.15. The molecule has 0 saturated heterocycles. The van der Waals surface area contributed by atoms with Crippen LogP contribution in [-0.2, 0) is 19.4 Å². The van der Waals surface area contributed by atoms with Gasteiger partial charge in [-0.3, -0.25) is 0 Å². The molecule has 0 bridgehead atoms. The zero-order chi connectivity index (χ0) is 18.4. The van der Waals surface area contributed by atoms with Crippen LogP contribution in [0, 0.1) is 17.6 Å². The first kappa shape index (κ1) is 16.8. The fourth-order valence-electron chi connectivity index (χ4n) is 4.07. The maximum Gasteiger partial charge on any atom is 0.337 e. The van der Waals surface area contributed by atoms with Gasteiger partial charge in [0.15, 0.2) is 11.6 Å². The molecule has 0 radical (unpaired) electrons. The molecule has 4 rings (SSSR count). The Kier molecular flexibility index (Phi) is 4.02. The highest BCUT2D eigenvalue weighted by atomic mass is 19.2. The molecule has 1 aromatic heterocycles. The number of halogens is 2. The molecular formula is C21H19F2NO2. The number of carboxylic acid groups (broad SMARTS) is 1. The summed E-state index contributed by atoms with van der Waals surface area (Å²) in [5, 5.41) is 10.5. The average Bonchev–Trinajstić information content (AvgIpc) is 2.92. The molecule has 2 aromatic carbocycles. The lowest BCUT2D eigenvalue weighted by molar-refractivity contribution is 0.0698. The second-order valence-corrected chi connectivity index (χ2v) is 7.08. The van der Waals surface area contributed by atoms with E-state index in [0.29, 0.717) is 11.4 Å². The molecule has 0 fully saturated rings. The van der Waals surface area contributed by atoms with Crippen LogP contribution in [0.2, 0.25) is 0 Å². The van der Waals surface area contributed by atoms with Crippen LogP contribution in [0.4, 0.5) is 8.78 Å². The normalized spacial score (nSPS) is 16.7. The van der Waals surface area contributed by atoms with Crippen LogP contribution in [0.15, 0.2) is 36.4 Å². The van der Waals surface area contributed by atoms with Gasteiger partial charge >= 0.3 is 5.97 Å². The molecule has 3 aromatic rings. The maximum atomic E-state index is 14.2. The van der Waals surface area contributed by atoms with Crippen LogP contribution in [-0.4, -0.2) is 15.6 Å². The van der Waals surface area contributed by atoms with Gasteiger partial charge in [-0.15, -0.1) is 0 Å². The average molecular weight is 355 g/mol. The summed E-state index contributed by atoms with van der Waals surface area (Å²) < 4.78 is 29.8. The lowest BCUT2D eigenvalue weighted by atomic mass is 9.87. The third-order valence-electron chi connectivity index (χ3n) is 5.32. The quantitative estimate of drug-likeness (QED) is 0.734. The van der Waals surface area contributed by atoms with Crippen LogP contribution in [0.25, 0.3) is 10.9 Å². The number of carboxylic acids is 1. The van der Waals surface area contributed by atoms with E-state index in [0.717, 1.165) is 42.0 Å². The van der Waals surface area contributed by atoms with Crippen molar-refractivity contribution in [2.24, 2.45) is 5.92 Å². The van der Waals surface area contributed by atoms with Gasteiger partial charge in [-0.1, -0.05) is 31.2 Å². The van der Waals surface area contributed by atoms with Crippen LogP contribution in [0.1, 0.15) is 40.5 Å². The summed E-state index contributed by atoms with van der Waals surface area (Å²) >= 11 is 0. The summed E-state index contributed by atoms with van der Waals surface area (Å²) in [5.74, 6) is -2.26. The number of aromatic carboxylic acids is 1. The Morgan fingerprint density at radius 3 is 2.77 bits per heavy atom. The van der Waals surface area contributed by atoms with Crippen LogP contribution >= 0.6 is 0 Å². The highest BCUT2D eigenvalue weighted by Crippen LogP contribution is 2.36. The van der Waals surface area contributed by atoms with Crippen molar-refractivity contribution in [3.8, 4) is 0 Å². The second kappa shape index (κ2) is 6.24. The van der Waals surface area contributed by atoms with Gasteiger partial charge in [0, 0.05) is 16.6 Å². The number of hydrogen-bond donors (Lipinski definition) is 1. The first-order valence-corrected chi connectivity index (χ1v) is 8.76. The van der Waals surface area contributed by atoms with Gasteiger partial charge in [0.05, 0.1) is 17.6 Å². The van der Waals surface area contributed by atoms with E-state index < -0.39 is 17.6 Å². The summed E-state index contributed by atoms with van der Waals surface area (Å²) in [6, 6.07) is 9.36. The largest absolute Gasteiger partial charge is 0.478 e. The number of para-hydroxylation sites is 1. The molecular weight excluding hydrogens is 336 g/mol. The third-order valence-corrected chi connectivity index (χ3v) is 5.32. The summed E-state index contributed by atoms with van der Waals surface area (Å²) in [7, 11) is 0. The van der Waals surface area contributed by atoms with E-state index in [-0.39, 0.29) is 17.7 Å². The standard InChI is InChI=1S/C21H19F2NO2/c1-12-8-9-18-16(10-12)14-5-3-6-15(21(25)26)20(14)24(18)11-13-4-2-7-17(22)19(13)23/h2-7,12H,8-11H2,1H3,(H,25,26). The Bertz CT molecular complexity index is 1020. The number of fused-ring (bicyclic) bond motifs is 3. The number of carbonyl (C=O) groups is 1. The Morgan fingerprint density at radius 1 is 1.23 bits per heavy atom. The van der Waals surface area contributed by atoms with E-state index >= 15 is 0 Å². The molecule has 5 heteroatoms. The van der Waals surface area contributed by atoms with Gasteiger partial charge in [0.2, 0.25) is 0 Å². The van der Waals surface area contributed by atoms with Crippen molar-refractivity contribution >= 4 is 16.9 Å². The number of hydrogen-bond acceptors (Lipinski definition) is 1. The van der Waals surface area contributed by atoms with E-state index in [9.17, 15) is 18.7 Å². The van der Waals surface area contributed by atoms with E-state index in [1.807, 2.05) is 10.6 Å². The van der Waals surface area contributed by atoms with E-state index in [2.05, 4.69) is 6.92 Å². The third kappa shape index (κ3) is 2.59. The molecule has 134 valence electrons. The van der Waals surface area contributed by atoms with Crippen molar-refractivity contribution in [3.05, 3.63) is 70.4 Å². The molecule has 1 heterocycles. The monoisotopic (exact) mass is 355 g/mol. The Morgan fingerprint density at radius 2 is 2.00 bits per heavy atom. The molecule has 26 heavy (non-hydrogen) atoms. The lowest BCUT2D eigenvalue weighted by Gasteiger charge is -2.21. The predicted molar refractivity (Wildman–Crippen MR) is 95.5 cm³/mol. The first-order valence-electron chi connectivity index (χ1n) is 8.76. The Labute approximate surface area is 149 Å². The van der Waals surface area contributed by atoms with Crippen molar-refractivity contribution in [2.75, 3.05) is 0 Å². The number of rotatable bonds is 3. The van der Waals surface area contributed by atoms with E-state index in [4.69, 9.17) is 0 Å². The van der Waals surface area contributed by atoms with Gasteiger partial charge in [-0.05, 0) is 42.9 Å². The van der Waals surface area contributed by atoms with Crippen molar-refractivity contribution in [3.63, 3.8) is 0 Å². The van der Waals surface area contributed by atoms with Crippen molar-refractivity contribution in [1.29, 1.82) is 0 Å². The zero-order valence-electron chi connectivity index (χ0n) is 14.4. The molecule has 0 spiro atoms. The Hall–Kier alpha value is -2.69.